The first kappa shape index (κ1) is 15.3. The minimum absolute atomic E-state index is 0.0556. The van der Waals surface area contributed by atoms with Gasteiger partial charge >= 0.3 is 5.97 Å². The highest BCUT2D eigenvalue weighted by Crippen LogP contribution is 2.42. The van der Waals surface area contributed by atoms with Gasteiger partial charge in [0.15, 0.2) is 0 Å². The van der Waals surface area contributed by atoms with E-state index in [1.165, 1.54) is 5.56 Å². The molecule has 1 aliphatic carbocycles. The lowest BCUT2D eigenvalue weighted by atomic mass is 9.91. The molecule has 0 bridgehead atoms. The van der Waals surface area contributed by atoms with Gasteiger partial charge in [0, 0.05) is 18.3 Å². The Balaban J connectivity index is 1.53. The fraction of sp³-hybridized carbons (Fsp3) is 0.500. The van der Waals surface area contributed by atoms with Gasteiger partial charge in [-0.2, -0.15) is 0 Å². The Morgan fingerprint density at radius 1 is 1.32 bits per heavy atom. The van der Waals surface area contributed by atoms with Crippen LogP contribution in [0.2, 0.25) is 0 Å². The number of aryl methyl sites for hydroxylation is 1. The normalized spacial score (nSPS) is 32.2. The first-order valence-corrected chi connectivity index (χ1v) is 7.91. The first-order valence-electron chi connectivity index (χ1n) is 7.91. The van der Waals surface area contributed by atoms with E-state index < -0.39 is 12.2 Å². The molecule has 3 rings (SSSR count). The second-order valence-corrected chi connectivity index (χ2v) is 6.25. The van der Waals surface area contributed by atoms with E-state index in [1.807, 2.05) is 36.4 Å². The lowest BCUT2D eigenvalue weighted by Gasteiger charge is -2.15. The van der Waals surface area contributed by atoms with Gasteiger partial charge in [-0.05, 0) is 18.4 Å². The van der Waals surface area contributed by atoms with Crippen molar-refractivity contribution in [2.75, 3.05) is 0 Å². The van der Waals surface area contributed by atoms with Gasteiger partial charge in [0.05, 0.1) is 18.6 Å². The zero-order chi connectivity index (χ0) is 15.5. The monoisotopic (exact) mass is 302 g/mol. The highest BCUT2D eigenvalue weighted by atomic mass is 16.6. The lowest BCUT2D eigenvalue weighted by Crippen LogP contribution is -2.18. The molecule has 1 aromatic carbocycles. The van der Waals surface area contributed by atoms with Crippen LogP contribution in [0.5, 0.6) is 0 Å². The molecule has 2 aliphatic rings. The van der Waals surface area contributed by atoms with Crippen molar-refractivity contribution in [1.29, 1.82) is 0 Å². The topological polar surface area (TPSA) is 66.8 Å². The summed E-state index contributed by atoms with van der Waals surface area (Å²) in [7, 11) is 0. The van der Waals surface area contributed by atoms with Crippen molar-refractivity contribution in [3.8, 4) is 0 Å². The number of carbonyl (C=O) groups excluding carboxylic acids is 1. The fourth-order valence-corrected chi connectivity index (χ4v) is 3.50. The zero-order valence-electron chi connectivity index (χ0n) is 12.5. The van der Waals surface area contributed by atoms with E-state index in [1.54, 1.807) is 6.08 Å². The number of ether oxygens (including phenoxy) is 1. The van der Waals surface area contributed by atoms with Crippen LogP contribution >= 0.6 is 0 Å². The summed E-state index contributed by atoms with van der Waals surface area (Å²) in [6, 6.07) is 10.0. The quantitative estimate of drug-likeness (QED) is 0.643. The van der Waals surface area contributed by atoms with Crippen LogP contribution in [0.15, 0.2) is 42.5 Å². The third-order valence-corrected chi connectivity index (χ3v) is 4.70. The van der Waals surface area contributed by atoms with Crippen molar-refractivity contribution >= 4 is 5.97 Å². The van der Waals surface area contributed by atoms with Gasteiger partial charge in [-0.15, -0.1) is 0 Å². The second-order valence-electron chi connectivity index (χ2n) is 6.25. The van der Waals surface area contributed by atoms with E-state index >= 15 is 0 Å². The molecule has 0 amide bonds. The molecule has 1 saturated carbocycles. The minimum atomic E-state index is -0.538. The third kappa shape index (κ3) is 3.39. The molecule has 1 aromatic rings. The van der Waals surface area contributed by atoms with Gasteiger partial charge in [-0.1, -0.05) is 42.5 Å². The van der Waals surface area contributed by atoms with Gasteiger partial charge < -0.3 is 14.9 Å². The van der Waals surface area contributed by atoms with Gasteiger partial charge in [-0.3, -0.25) is 4.79 Å². The molecule has 0 aromatic heterocycles. The summed E-state index contributed by atoms with van der Waals surface area (Å²) in [5, 5.41) is 20.2. The molecule has 4 nitrogen and oxygen atoms in total. The third-order valence-electron chi connectivity index (χ3n) is 4.70. The van der Waals surface area contributed by atoms with Crippen LogP contribution < -0.4 is 0 Å². The predicted molar refractivity (Wildman–Crippen MR) is 82.0 cm³/mol. The number of esters is 1. The maximum absolute atomic E-state index is 11.3. The van der Waals surface area contributed by atoms with Crippen molar-refractivity contribution in [2.24, 2.45) is 11.8 Å². The lowest BCUT2D eigenvalue weighted by molar-refractivity contribution is -0.141. The Morgan fingerprint density at radius 2 is 2.09 bits per heavy atom. The Hall–Kier alpha value is -1.65. The molecule has 5 atom stereocenters. The molecule has 118 valence electrons. The van der Waals surface area contributed by atoms with Crippen LogP contribution in [-0.2, 0) is 16.0 Å². The minimum Gasteiger partial charge on any atom is -0.462 e. The van der Waals surface area contributed by atoms with E-state index in [0.717, 1.165) is 6.42 Å². The van der Waals surface area contributed by atoms with E-state index in [9.17, 15) is 15.0 Å². The smallest absolute Gasteiger partial charge is 0.306 e. The van der Waals surface area contributed by atoms with Crippen LogP contribution in [0, 0.1) is 11.8 Å². The largest absolute Gasteiger partial charge is 0.462 e. The molecule has 1 heterocycles. The molecule has 0 spiro atoms. The Bertz CT molecular complexity index is 539. The first-order chi connectivity index (χ1) is 10.6. The number of rotatable bonds is 5. The summed E-state index contributed by atoms with van der Waals surface area (Å²) in [5.74, 6) is -0.215. The summed E-state index contributed by atoms with van der Waals surface area (Å²) in [4.78, 5) is 11.3. The Labute approximate surface area is 130 Å². The highest BCUT2D eigenvalue weighted by Gasteiger charge is 2.48. The summed E-state index contributed by atoms with van der Waals surface area (Å²) in [6.07, 6.45) is 4.78. The average molecular weight is 302 g/mol. The van der Waals surface area contributed by atoms with Crippen LogP contribution in [0.4, 0.5) is 0 Å². The fourth-order valence-electron chi connectivity index (χ4n) is 3.50. The molecule has 4 heteroatoms. The SMILES string of the molecule is O=C1C[C@@H]2C(/C=C/[C@@H](O)CCc3ccccc3)[C@H](O)C[C@@H]2O1. The number of hydrogen-bond donors (Lipinski definition) is 2. The van der Waals surface area contributed by atoms with Crippen LogP contribution in [0.25, 0.3) is 0 Å². The Kier molecular flexibility index (Phi) is 4.60. The number of aliphatic hydroxyl groups is 2. The maximum atomic E-state index is 11.3. The van der Waals surface area contributed by atoms with Crippen molar-refractivity contribution in [3.05, 3.63) is 48.0 Å². The predicted octanol–water partition coefficient (Wildman–Crippen LogP) is 1.85. The molecule has 22 heavy (non-hydrogen) atoms. The maximum Gasteiger partial charge on any atom is 0.306 e. The Morgan fingerprint density at radius 3 is 2.86 bits per heavy atom. The van der Waals surface area contributed by atoms with Crippen LogP contribution in [0.1, 0.15) is 24.8 Å². The van der Waals surface area contributed by atoms with E-state index in [0.29, 0.717) is 19.3 Å². The standard InChI is InChI=1S/C18H22O4/c19-13(7-6-12-4-2-1-3-5-12)8-9-14-15-10-18(21)22-17(15)11-16(14)20/h1-5,8-9,13-17,19-20H,6-7,10-11H2/b9-8+/t13-,14?,15+,16+,17-/m0/s1. The number of hydrogen-bond acceptors (Lipinski definition) is 4. The molecular formula is C18H22O4. The summed E-state index contributed by atoms with van der Waals surface area (Å²) >= 11 is 0. The van der Waals surface area contributed by atoms with Crippen LogP contribution in [-0.4, -0.2) is 34.5 Å². The van der Waals surface area contributed by atoms with Crippen molar-refractivity contribution in [2.45, 2.75) is 44.0 Å². The van der Waals surface area contributed by atoms with E-state index in [2.05, 4.69) is 0 Å². The van der Waals surface area contributed by atoms with Gasteiger partial charge in [0.2, 0.25) is 0 Å². The van der Waals surface area contributed by atoms with Crippen molar-refractivity contribution < 1.29 is 19.7 Å². The molecule has 1 unspecified atom stereocenters. The van der Waals surface area contributed by atoms with Gasteiger partial charge in [0.25, 0.3) is 0 Å². The molecular weight excluding hydrogens is 280 g/mol. The number of carbonyl (C=O) groups is 1. The van der Waals surface area contributed by atoms with Gasteiger partial charge in [0.1, 0.15) is 6.10 Å². The number of aliphatic hydroxyl groups excluding tert-OH is 2. The zero-order valence-corrected chi connectivity index (χ0v) is 12.5. The molecule has 1 saturated heterocycles. The van der Waals surface area contributed by atoms with E-state index in [4.69, 9.17) is 4.74 Å². The molecule has 0 radical (unpaired) electrons. The highest BCUT2D eigenvalue weighted by molar-refractivity contribution is 5.72. The summed E-state index contributed by atoms with van der Waals surface area (Å²) in [5.41, 5.74) is 1.20. The second kappa shape index (κ2) is 6.63. The van der Waals surface area contributed by atoms with Crippen molar-refractivity contribution in [1.82, 2.24) is 0 Å². The summed E-state index contributed by atoms with van der Waals surface area (Å²) in [6.45, 7) is 0. The van der Waals surface area contributed by atoms with Crippen LogP contribution in [0.3, 0.4) is 0 Å². The molecule has 1 aliphatic heterocycles. The average Bonchev–Trinajstić information content (AvgIpc) is 2.99. The number of fused-ring (bicyclic) bond motifs is 1. The summed E-state index contributed by atoms with van der Waals surface area (Å²) < 4.78 is 5.20. The van der Waals surface area contributed by atoms with Crippen molar-refractivity contribution in [3.63, 3.8) is 0 Å². The molecule has 2 fully saturated rings. The van der Waals surface area contributed by atoms with E-state index in [-0.39, 0.29) is 23.9 Å². The number of benzene rings is 1. The molecule has 2 N–H and O–H groups in total. The van der Waals surface area contributed by atoms with Gasteiger partial charge in [-0.25, -0.2) is 0 Å².